The van der Waals surface area contributed by atoms with Crippen LogP contribution in [-0.2, 0) is 16.1 Å². The Morgan fingerprint density at radius 3 is 2.68 bits per heavy atom. The maximum atomic E-state index is 12.8. The molecule has 2 saturated carbocycles. The minimum absolute atomic E-state index is 0.0420. The van der Waals surface area contributed by atoms with Gasteiger partial charge in [-0.3, -0.25) is 10.1 Å². The summed E-state index contributed by atoms with van der Waals surface area (Å²) >= 11 is 0. The number of carbonyl (C=O) groups is 2. The zero-order valence-corrected chi connectivity index (χ0v) is 21.7. The third-order valence-corrected chi connectivity index (χ3v) is 8.69. The number of aliphatic hydroxyl groups is 2. The summed E-state index contributed by atoms with van der Waals surface area (Å²) in [6.45, 7) is 4.18. The van der Waals surface area contributed by atoms with E-state index < -0.39 is 29.1 Å². The van der Waals surface area contributed by atoms with Crippen LogP contribution < -0.4 is 15.4 Å². The number of rotatable bonds is 8. The van der Waals surface area contributed by atoms with Gasteiger partial charge in [0, 0.05) is 23.6 Å². The van der Waals surface area contributed by atoms with Crippen LogP contribution in [0.5, 0.6) is 5.75 Å². The van der Waals surface area contributed by atoms with Gasteiger partial charge in [0.15, 0.2) is 0 Å². The van der Waals surface area contributed by atoms with Crippen LogP contribution >= 0.6 is 0 Å². The lowest BCUT2D eigenvalue weighted by molar-refractivity contribution is -0.185. The number of fused-ring (bicyclic) bond motifs is 1. The summed E-state index contributed by atoms with van der Waals surface area (Å²) in [5, 5.41) is 27.2. The number of nitrogens with one attached hydrogen (secondary N) is 2. The van der Waals surface area contributed by atoms with E-state index in [1.54, 1.807) is 49.8 Å². The van der Waals surface area contributed by atoms with Crippen molar-refractivity contribution in [2.45, 2.75) is 64.7 Å². The molecule has 9 heteroatoms. The molecular weight excluding hydrogens is 476 g/mol. The van der Waals surface area contributed by atoms with Crippen molar-refractivity contribution in [3.63, 3.8) is 0 Å². The van der Waals surface area contributed by atoms with Crippen LogP contribution in [0, 0.1) is 22.7 Å². The molecule has 6 unspecified atom stereocenters. The lowest BCUT2D eigenvalue weighted by atomic mass is 9.46. The van der Waals surface area contributed by atoms with Gasteiger partial charge in [0.1, 0.15) is 17.6 Å². The first-order chi connectivity index (χ1) is 17.7. The van der Waals surface area contributed by atoms with Crippen molar-refractivity contribution in [1.29, 1.82) is 0 Å². The van der Waals surface area contributed by atoms with E-state index in [-0.39, 0.29) is 30.8 Å². The highest BCUT2D eigenvalue weighted by Gasteiger charge is 2.60. The summed E-state index contributed by atoms with van der Waals surface area (Å²) in [5.41, 5.74) is -0.570. The van der Waals surface area contributed by atoms with E-state index in [4.69, 9.17) is 13.9 Å². The van der Waals surface area contributed by atoms with Gasteiger partial charge in [-0.25, -0.2) is 4.79 Å². The van der Waals surface area contributed by atoms with Crippen LogP contribution in [0.15, 0.2) is 47.1 Å². The van der Waals surface area contributed by atoms with Crippen LogP contribution in [0.4, 0.5) is 10.5 Å². The molecule has 2 fully saturated rings. The van der Waals surface area contributed by atoms with Crippen LogP contribution in [-0.4, -0.2) is 48.1 Å². The number of hydrogen-bond donors (Lipinski definition) is 4. The smallest absolute Gasteiger partial charge is 0.411 e. The van der Waals surface area contributed by atoms with Crippen LogP contribution in [0.3, 0.4) is 0 Å². The van der Waals surface area contributed by atoms with Gasteiger partial charge in [-0.05, 0) is 67.2 Å². The summed E-state index contributed by atoms with van der Waals surface area (Å²) in [4.78, 5) is 25.6. The number of benzene rings is 1. The second-order valence-electron chi connectivity index (χ2n) is 10.8. The number of carbonyl (C=O) groups excluding carboxylic acids is 2. The Morgan fingerprint density at radius 2 is 1.97 bits per heavy atom. The maximum absolute atomic E-state index is 12.8. The molecule has 9 nitrogen and oxygen atoms in total. The lowest BCUT2D eigenvalue weighted by Crippen LogP contribution is -2.61. The number of aliphatic hydroxyl groups excluding tert-OH is 2. The van der Waals surface area contributed by atoms with Gasteiger partial charge >= 0.3 is 6.09 Å². The van der Waals surface area contributed by atoms with Crippen LogP contribution in [0.1, 0.15) is 51.7 Å². The Balaban J connectivity index is 1.45. The molecule has 2 aliphatic carbocycles. The topological polar surface area (TPSA) is 130 Å². The SMILES string of the molecule is COc1cccc(NC(=O)OC2CCC3(C)C(CC(=O)NCc4ccco4)C(O)CCC3C2(C)CO)c1. The molecule has 0 spiro atoms. The summed E-state index contributed by atoms with van der Waals surface area (Å²) in [6.07, 6.45) is 2.41. The molecule has 1 aromatic carbocycles. The molecule has 0 bridgehead atoms. The minimum atomic E-state index is -0.720. The number of methoxy groups -OCH3 is 1. The van der Waals surface area contributed by atoms with Crippen LogP contribution in [0.25, 0.3) is 0 Å². The largest absolute Gasteiger partial charge is 0.497 e. The average Bonchev–Trinajstić information content (AvgIpc) is 3.41. The number of anilines is 1. The predicted octanol–water partition coefficient (Wildman–Crippen LogP) is 4.10. The number of furan rings is 1. The molecule has 1 aromatic heterocycles. The zero-order chi connectivity index (χ0) is 26.6. The van der Waals surface area contributed by atoms with E-state index in [0.717, 1.165) is 0 Å². The molecule has 2 aliphatic rings. The number of hydrogen-bond acceptors (Lipinski definition) is 7. The summed E-state index contributed by atoms with van der Waals surface area (Å²) in [6, 6.07) is 10.6. The molecule has 6 atom stereocenters. The molecule has 4 N–H and O–H groups in total. The fraction of sp³-hybridized carbons (Fsp3) is 0.571. The molecule has 0 radical (unpaired) electrons. The minimum Gasteiger partial charge on any atom is -0.497 e. The molecule has 0 saturated heterocycles. The Kier molecular flexibility index (Phi) is 8.14. The van der Waals surface area contributed by atoms with E-state index >= 15 is 0 Å². The molecular formula is C28H38N2O7. The molecule has 2 amide bonds. The lowest BCUT2D eigenvalue weighted by Gasteiger charge is -2.60. The quantitative estimate of drug-likeness (QED) is 0.417. The van der Waals surface area contributed by atoms with Crippen molar-refractivity contribution >= 4 is 17.7 Å². The molecule has 0 aliphatic heterocycles. The van der Waals surface area contributed by atoms with Gasteiger partial charge in [0.2, 0.25) is 5.91 Å². The van der Waals surface area contributed by atoms with Gasteiger partial charge < -0.3 is 29.4 Å². The van der Waals surface area contributed by atoms with Crippen molar-refractivity contribution < 1.29 is 33.7 Å². The van der Waals surface area contributed by atoms with Crippen molar-refractivity contribution in [2.24, 2.45) is 22.7 Å². The normalized spacial score (nSPS) is 31.2. The Morgan fingerprint density at radius 1 is 1.16 bits per heavy atom. The Hall–Kier alpha value is -3.04. The summed E-state index contributed by atoms with van der Waals surface area (Å²) in [7, 11) is 1.56. The van der Waals surface area contributed by atoms with Crippen molar-refractivity contribution in [2.75, 3.05) is 19.0 Å². The number of ether oxygens (including phenoxy) is 2. The van der Waals surface area contributed by atoms with Gasteiger partial charge in [-0.15, -0.1) is 0 Å². The van der Waals surface area contributed by atoms with E-state index in [9.17, 15) is 19.8 Å². The van der Waals surface area contributed by atoms with Gasteiger partial charge in [0.25, 0.3) is 0 Å². The van der Waals surface area contributed by atoms with Gasteiger partial charge in [-0.2, -0.15) is 0 Å². The third-order valence-electron chi connectivity index (χ3n) is 8.69. The Labute approximate surface area is 217 Å². The van der Waals surface area contributed by atoms with Crippen molar-refractivity contribution in [3.8, 4) is 5.75 Å². The fourth-order valence-electron chi connectivity index (χ4n) is 6.63. The van der Waals surface area contributed by atoms with Gasteiger partial charge in [-0.1, -0.05) is 19.9 Å². The second kappa shape index (κ2) is 11.1. The second-order valence-corrected chi connectivity index (χ2v) is 10.8. The highest BCUT2D eigenvalue weighted by molar-refractivity contribution is 5.85. The highest BCUT2D eigenvalue weighted by atomic mass is 16.6. The fourth-order valence-corrected chi connectivity index (χ4v) is 6.63. The van der Waals surface area contributed by atoms with E-state index in [1.807, 2.05) is 6.92 Å². The third kappa shape index (κ3) is 5.62. The predicted molar refractivity (Wildman–Crippen MR) is 137 cm³/mol. The number of amides is 2. The molecule has 4 rings (SSSR count). The zero-order valence-electron chi connectivity index (χ0n) is 21.7. The first-order valence-corrected chi connectivity index (χ1v) is 12.9. The van der Waals surface area contributed by atoms with E-state index in [0.29, 0.717) is 49.4 Å². The summed E-state index contributed by atoms with van der Waals surface area (Å²) in [5.74, 6) is 0.815. The molecule has 2 aromatic rings. The van der Waals surface area contributed by atoms with Crippen LogP contribution in [0.2, 0.25) is 0 Å². The highest BCUT2D eigenvalue weighted by Crippen LogP contribution is 2.61. The van der Waals surface area contributed by atoms with Crippen molar-refractivity contribution in [3.05, 3.63) is 48.4 Å². The maximum Gasteiger partial charge on any atom is 0.411 e. The van der Waals surface area contributed by atoms with E-state index in [1.165, 1.54) is 0 Å². The van der Waals surface area contributed by atoms with E-state index in [2.05, 4.69) is 17.6 Å². The van der Waals surface area contributed by atoms with Crippen molar-refractivity contribution in [1.82, 2.24) is 5.32 Å². The Bertz CT molecular complexity index is 1070. The monoisotopic (exact) mass is 514 g/mol. The first-order valence-electron chi connectivity index (χ1n) is 12.9. The molecule has 37 heavy (non-hydrogen) atoms. The first kappa shape index (κ1) is 27.0. The average molecular weight is 515 g/mol. The van der Waals surface area contributed by atoms with Gasteiger partial charge in [0.05, 0.1) is 32.6 Å². The summed E-state index contributed by atoms with van der Waals surface area (Å²) < 4.78 is 16.4. The standard InChI is InChI=1S/C28H38N2O7/c1-27-12-11-24(37-26(34)30-18-6-4-7-19(14-18)35-3)28(2,17-31)23(27)10-9-22(32)21(27)15-25(33)29-16-20-8-5-13-36-20/h4-8,13-14,21-24,31-32H,9-12,15-17H2,1-3H3,(H,29,33)(H,30,34). The molecule has 202 valence electrons. The molecule has 1 heterocycles.